The maximum Gasteiger partial charge on any atom is 0.244 e. The summed E-state index contributed by atoms with van der Waals surface area (Å²) in [6.45, 7) is 0.0272. The molecule has 3 N–H and O–H groups in total. The summed E-state index contributed by atoms with van der Waals surface area (Å²) in [5.74, 6) is 0.376. The van der Waals surface area contributed by atoms with Gasteiger partial charge in [-0.15, -0.1) is 0 Å². The molecule has 124 valence electrons. The van der Waals surface area contributed by atoms with Crippen molar-refractivity contribution in [2.24, 2.45) is 0 Å². The summed E-state index contributed by atoms with van der Waals surface area (Å²) >= 11 is 0. The Morgan fingerprint density at radius 2 is 2.20 bits per heavy atom. The summed E-state index contributed by atoms with van der Waals surface area (Å²) in [5.41, 5.74) is 7.87. The quantitative estimate of drug-likeness (QED) is 0.581. The molecule has 0 spiro atoms. The molecule has 25 heavy (non-hydrogen) atoms. The van der Waals surface area contributed by atoms with Crippen LogP contribution in [-0.4, -0.2) is 30.4 Å². The minimum Gasteiger partial charge on any atom is -0.463 e. The summed E-state index contributed by atoms with van der Waals surface area (Å²) in [5, 5.41) is 2.76. The lowest BCUT2D eigenvalue weighted by Crippen LogP contribution is -2.18. The third-order valence-corrected chi connectivity index (χ3v) is 3.49. The number of nitrogens with one attached hydrogen (secondary N) is 1. The van der Waals surface area contributed by atoms with Crippen molar-refractivity contribution < 1.29 is 9.21 Å². The third-order valence-electron chi connectivity index (χ3n) is 3.49. The van der Waals surface area contributed by atoms with Crippen LogP contribution < -0.4 is 11.1 Å². The number of nitrogen functional groups attached to an aromatic ring is 1. The minimum atomic E-state index is -0.232. The summed E-state index contributed by atoms with van der Waals surface area (Å²) in [4.78, 5) is 28.9. The monoisotopic (exact) mass is 335 g/mol. The first-order chi connectivity index (χ1) is 12.2. The highest BCUT2D eigenvalue weighted by atomic mass is 16.3. The maximum absolute atomic E-state index is 12.2. The van der Waals surface area contributed by atoms with Gasteiger partial charge in [-0.1, -0.05) is 0 Å². The zero-order valence-corrected chi connectivity index (χ0v) is 13.0. The molecule has 1 amide bonds. The van der Waals surface area contributed by atoms with Crippen LogP contribution in [0, 0.1) is 0 Å². The van der Waals surface area contributed by atoms with E-state index in [0.29, 0.717) is 28.3 Å². The Morgan fingerprint density at radius 3 is 2.96 bits per heavy atom. The molecule has 4 rings (SSSR count). The molecular formula is C16H13N7O2. The second-order valence-corrected chi connectivity index (χ2v) is 5.24. The second-order valence-electron chi connectivity index (χ2n) is 5.24. The van der Waals surface area contributed by atoms with Crippen molar-refractivity contribution in [3.63, 3.8) is 0 Å². The lowest BCUT2D eigenvalue weighted by Gasteiger charge is -2.06. The number of nitrogens with zero attached hydrogens (tertiary/aromatic N) is 5. The lowest BCUT2D eigenvalue weighted by atomic mass is 10.3. The Labute approximate surface area is 141 Å². The van der Waals surface area contributed by atoms with Gasteiger partial charge in [-0.05, 0) is 24.3 Å². The molecule has 4 aromatic heterocycles. The van der Waals surface area contributed by atoms with Crippen molar-refractivity contribution in [2.45, 2.75) is 6.54 Å². The van der Waals surface area contributed by atoms with Crippen molar-refractivity contribution >= 4 is 28.7 Å². The molecule has 9 nitrogen and oxygen atoms in total. The van der Waals surface area contributed by atoms with Gasteiger partial charge in [0.2, 0.25) is 11.9 Å². The highest BCUT2D eigenvalue weighted by molar-refractivity contribution is 5.92. The van der Waals surface area contributed by atoms with E-state index in [9.17, 15) is 4.79 Å². The van der Waals surface area contributed by atoms with E-state index in [2.05, 4.69) is 25.3 Å². The number of nitrogens with two attached hydrogens (primary N) is 1. The van der Waals surface area contributed by atoms with Crippen LogP contribution in [0.1, 0.15) is 0 Å². The molecule has 0 radical (unpaired) electrons. The van der Waals surface area contributed by atoms with Gasteiger partial charge in [-0.25, -0.2) is 9.97 Å². The molecule has 0 saturated heterocycles. The van der Waals surface area contributed by atoms with E-state index < -0.39 is 0 Å². The van der Waals surface area contributed by atoms with Crippen LogP contribution in [-0.2, 0) is 11.3 Å². The Morgan fingerprint density at radius 1 is 1.28 bits per heavy atom. The van der Waals surface area contributed by atoms with Gasteiger partial charge in [0.1, 0.15) is 17.8 Å². The number of amides is 1. The molecule has 0 fully saturated rings. The number of anilines is 2. The zero-order valence-electron chi connectivity index (χ0n) is 13.0. The van der Waals surface area contributed by atoms with E-state index in [-0.39, 0.29) is 18.4 Å². The fraction of sp³-hybridized carbons (Fsp3) is 0.0625. The molecule has 0 aliphatic rings. The number of hydrogen-bond donors (Lipinski definition) is 2. The van der Waals surface area contributed by atoms with Crippen molar-refractivity contribution in [2.75, 3.05) is 11.1 Å². The van der Waals surface area contributed by atoms with E-state index in [0.717, 1.165) is 0 Å². The third kappa shape index (κ3) is 2.90. The minimum absolute atomic E-state index is 0.0272. The maximum atomic E-state index is 12.2. The largest absolute Gasteiger partial charge is 0.463 e. The highest BCUT2D eigenvalue weighted by Crippen LogP contribution is 2.26. The standard InChI is InChI=1S/C16H13N7O2/c17-16-21-13(11-4-2-6-25-11)14-15(22-16)23(9-19-14)8-12(24)20-10-3-1-5-18-7-10/h1-7,9H,8H2,(H,20,24)(H2,17,21,22). The smallest absolute Gasteiger partial charge is 0.244 e. The van der Waals surface area contributed by atoms with Crippen molar-refractivity contribution in [1.82, 2.24) is 24.5 Å². The lowest BCUT2D eigenvalue weighted by molar-refractivity contribution is -0.116. The van der Waals surface area contributed by atoms with Crippen LogP contribution in [0.5, 0.6) is 0 Å². The summed E-state index contributed by atoms with van der Waals surface area (Å²) in [6, 6.07) is 7.00. The molecule has 0 aliphatic heterocycles. The Bertz CT molecular complexity index is 1030. The fourth-order valence-corrected chi connectivity index (χ4v) is 2.45. The number of hydrogen-bond acceptors (Lipinski definition) is 7. The number of pyridine rings is 1. The average Bonchev–Trinajstić information content (AvgIpc) is 3.26. The van der Waals surface area contributed by atoms with Crippen molar-refractivity contribution in [1.29, 1.82) is 0 Å². The molecule has 0 unspecified atom stereocenters. The predicted molar refractivity (Wildman–Crippen MR) is 90.3 cm³/mol. The zero-order chi connectivity index (χ0) is 17.2. The van der Waals surface area contributed by atoms with Crippen LogP contribution in [0.4, 0.5) is 11.6 Å². The first-order valence-corrected chi connectivity index (χ1v) is 7.43. The number of furan rings is 1. The normalized spacial score (nSPS) is 10.9. The number of imidazole rings is 1. The molecule has 0 bridgehead atoms. The fourth-order valence-electron chi connectivity index (χ4n) is 2.45. The van der Waals surface area contributed by atoms with Crippen molar-refractivity contribution in [3.8, 4) is 11.5 Å². The number of carbonyl (C=O) groups excluding carboxylic acids is 1. The van der Waals surface area contributed by atoms with E-state index >= 15 is 0 Å². The van der Waals surface area contributed by atoms with Crippen LogP contribution in [0.25, 0.3) is 22.6 Å². The number of aromatic nitrogens is 5. The number of rotatable bonds is 4. The Kier molecular flexibility index (Phi) is 3.58. The molecule has 9 heteroatoms. The van der Waals surface area contributed by atoms with Gasteiger partial charge in [0, 0.05) is 6.20 Å². The molecule has 0 saturated carbocycles. The molecule has 4 heterocycles. The van der Waals surface area contributed by atoms with E-state index in [4.69, 9.17) is 10.2 Å². The predicted octanol–water partition coefficient (Wildman–Crippen LogP) is 1.70. The number of carbonyl (C=O) groups is 1. The van der Waals surface area contributed by atoms with Gasteiger partial charge in [-0.2, -0.15) is 4.98 Å². The van der Waals surface area contributed by atoms with Gasteiger partial charge < -0.3 is 20.0 Å². The number of fused-ring (bicyclic) bond motifs is 1. The first kappa shape index (κ1) is 14.8. The summed E-state index contributed by atoms with van der Waals surface area (Å²) in [6.07, 6.45) is 6.26. The molecule has 0 aliphatic carbocycles. The van der Waals surface area contributed by atoms with E-state index in [1.54, 1.807) is 41.2 Å². The van der Waals surface area contributed by atoms with E-state index in [1.807, 2.05) is 0 Å². The van der Waals surface area contributed by atoms with Gasteiger partial charge in [0.15, 0.2) is 11.4 Å². The van der Waals surface area contributed by atoms with Gasteiger partial charge in [0.25, 0.3) is 0 Å². The average molecular weight is 335 g/mol. The van der Waals surface area contributed by atoms with E-state index in [1.165, 1.54) is 12.6 Å². The van der Waals surface area contributed by atoms with Crippen LogP contribution in [0.3, 0.4) is 0 Å². The van der Waals surface area contributed by atoms with Crippen LogP contribution in [0.15, 0.2) is 53.7 Å². The van der Waals surface area contributed by atoms with Crippen molar-refractivity contribution in [3.05, 3.63) is 49.2 Å². The summed E-state index contributed by atoms with van der Waals surface area (Å²) < 4.78 is 6.97. The molecule has 0 aromatic carbocycles. The van der Waals surface area contributed by atoms with Gasteiger partial charge in [0.05, 0.1) is 24.5 Å². The Hall–Kier alpha value is -3.75. The van der Waals surface area contributed by atoms with Crippen LogP contribution >= 0.6 is 0 Å². The first-order valence-electron chi connectivity index (χ1n) is 7.43. The van der Waals surface area contributed by atoms with Gasteiger partial charge in [-0.3, -0.25) is 9.78 Å². The summed E-state index contributed by atoms with van der Waals surface area (Å²) in [7, 11) is 0. The molecule has 0 atom stereocenters. The Balaban J connectivity index is 1.66. The molecular weight excluding hydrogens is 322 g/mol. The van der Waals surface area contributed by atoms with Crippen LogP contribution in [0.2, 0.25) is 0 Å². The SMILES string of the molecule is Nc1nc(-c2ccco2)c2ncn(CC(=O)Nc3cccnc3)c2n1. The van der Waals surface area contributed by atoms with Gasteiger partial charge >= 0.3 is 0 Å². The second kappa shape index (κ2) is 6.04. The topological polar surface area (TPSA) is 125 Å². The highest BCUT2D eigenvalue weighted by Gasteiger charge is 2.17. The molecule has 4 aromatic rings.